The van der Waals surface area contributed by atoms with E-state index in [-0.39, 0.29) is 5.78 Å². The van der Waals surface area contributed by atoms with Crippen molar-refractivity contribution >= 4 is 5.78 Å². The standard InChI is InChI=1S/C14H25NO/c1-12(2)6-7-13(3)8-10-15(5)11-9-14(4)16/h12-13H,8-11H2,1-5H3. The molecule has 0 heterocycles. The highest BCUT2D eigenvalue weighted by Crippen LogP contribution is 2.02. The highest BCUT2D eigenvalue weighted by Gasteiger charge is 2.03. The summed E-state index contributed by atoms with van der Waals surface area (Å²) in [6, 6.07) is 0. The van der Waals surface area contributed by atoms with E-state index < -0.39 is 0 Å². The van der Waals surface area contributed by atoms with Gasteiger partial charge in [-0.15, -0.1) is 5.92 Å². The second-order valence-electron chi connectivity index (χ2n) is 4.89. The average Bonchev–Trinajstić information content (AvgIpc) is 2.20. The Hall–Kier alpha value is -0.810. The molecule has 0 aliphatic carbocycles. The van der Waals surface area contributed by atoms with Crippen LogP contribution in [0.2, 0.25) is 0 Å². The highest BCUT2D eigenvalue weighted by molar-refractivity contribution is 5.75. The minimum Gasteiger partial charge on any atom is -0.306 e. The van der Waals surface area contributed by atoms with Crippen molar-refractivity contribution in [3.8, 4) is 11.8 Å². The van der Waals surface area contributed by atoms with Gasteiger partial charge in [0, 0.05) is 24.8 Å². The minimum absolute atomic E-state index is 0.263. The van der Waals surface area contributed by atoms with Gasteiger partial charge in [0.1, 0.15) is 5.78 Å². The predicted octanol–water partition coefficient (Wildman–Crippen LogP) is 2.58. The zero-order valence-corrected chi connectivity index (χ0v) is 11.3. The molecule has 0 aliphatic rings. The number of carbonyl (C=O) groups excluding carboxylic acids is 1. The monoisotopic (exact) mass is 223 g/mol. The molecule has 0 bridgehead atoms. The molecule has 0 aliphatic heterocycles. The van der Waals surface area contributed by atoms with Gasteiger partial charge in [-0.3, -0.25) is 4.79 Å². The van der Waals surface area contributed by atoms with Crippen molar-refractivity contribution in [3.05, 3.63) is 0 Å². The first-order valence-electron chi connectivity index (χ1n) is 6.10. The molecule has 0 radical (unpaired) electrons. The SMILES string of the molecule is CC(=O)CCN(C)CCC(C)C#CC(C)C. The molecule has 1 unspecified atom stereocenters. The Morgan fingerprint density at radius 2 is 1.81 bits per heavy atom. The van der Waals surface area contributed by atoms with Gasteiger partial charge in [0.2, 0.25) is 0 Å². The van der Waals surface area contributed by atoms with E-state index in [1.165, 1.54) is 0 Å². The van der Waals surface area contributed by atoms with Gasteiger partial charge in [-0.1, -0.05) is 26.7 Å². The van der Waals surface area contributed by atoms with E-state index in [4.69, 9.17) is 0 Å². The Balaban J connectivity index is 3.71. The number of Topliss-reactive ketones (excluding diaryl/α,β-unsaturated/α-hetero) is 1. The Bertz CT molecular complexity index is 260. The third kappa shape index (κ3) is 9.73. The van der Waals surface area contributed by atoms with Gasteiger partial charge in [0.15, 0.2) is 0 Å². The summed E-state index contributed by atoms with van der Waals surface area (Å²) in [7, 11) is 2.06. The molecule has 0 N–H and O–H groups in total. The van der Waals surface area contributed by atoms with Crippen LogP contribution >= 0.6 is 0 Å². The average molecular weight is 223 g/mol. The van der Waals surface area contributed by atoms with Gasteiger partial charge in [0.25, 0.3) is 0 Å². The van der Waals surface area contributed by atoms with Gasteiger partial charge < -0.3 is 4.90 Å². The minimum atomic E-state index is 0.263. The molecule has 2 heteroatoms. The van der Waals surface area contributed by atoms with Crippen LogP contribution in [-0.2, 0) is 4.79 Å². The Labute approximate surface area is 100 Å². The van der Waals surface area contributed by atoms with Crippen LogP contribution in [0.3, 0.4) is 0 Å². The largest absolute Gasteiger partial charge is 0.306 e. The Morgan fingerprint density at radius 3 is 2.31 bits per heavy atom. The second-order valence-corrected chi connectivity index (χ2v) is 4.89. The van der Waals surface area contributed by atoms with Crippen molar-refractivity contribution in [2.75, 3.05) is 20.1 Å². The smallest absolute Gasteiger partial charge is 0.131 e. The van der Waals surface area contributed by atoms with Gasteiger partial charge >= 0.3 is 0 Å². The molecule has 0 aromatic heterocycles. The molecule has 16 heavy (non-hydrogen) atoms. The first kappa shape index (κ1) is 15.2. The third-order valence-electron chi connectivity index (χ3n) is 2.41. The summed E-state index contributed by atoms with van der Waals surface area (Å²) in [5.41, 5.74) is 0. The van der Waals surface area contributed by atoms with E-state index in [1.807, 2.05) is 0 Å². The molecule has 0 aromatic rings. The number of hydrogen-bond donors (Lipinski definition) is 0. The lowest BCUT2D eigenvalue weighted by molar-refractivity contribution is -0.117. The van der Waals surface area contributed by atoms with E-state index in [2.05, 4.69) is 44.6 Å². The van der Waals surface area contributed by atoms with Crippen LogP contribution in [-0.4, -0.2) is 30.8 Å². The third-order valence-corrected chi connectivity index (χ3v) is 2.41. The molecular weight excluding hydrogens is 198 g/mol. The van der Waals surface area contributed by atoms with Gasteiger partial charge in [-0.05, 0) is 26.9 Å². The van der Waals surface area contributed by atoms with E-state index in [0.29, 0.717) is 18.3 Å². The molecule has 0 rings (SSSR count). The van der Waals surface area contributed by atoms with Crippen LogP contribution in [0.4, 0.5) is 0 Å². The number of rotatable bonds is 6. The lowest BCUT2D eigenvalue weighted by Crippen LogP contribution is -2.23. The first-order chi connectivity index (χ1) is 7.41. The summed E-state index contributed by atoms with van der Waals surface area (Å²) in [5, 5.41) is 0. The summed E-state index contributed by atoms with van der Waals surface area (Å²) < 4.78 is 0. The Morgan fingerprint density at radius 1 is 1.19 bits per heavy atom. The molecule has 92 valence electrons. The molecule has 0 fully saturated rings. The van der Waals surface area contributed by atoms with Crippen molar-refractivity contribution in [2.45, 2.75) is 40.5 Å². The number of nitrogens with zero attached hydrogens (tertiary/aromatic N) is 1. The summed E-state index contributed by atoms with van der Waals surface area (Å²) >= 11 is 0. The first-order valence-corrected chi connectivity index (χ1v) is 6.10. The molecule has 0 amide bonds. The zero-order chi connectivity index (χ0) is 12.6. The van der Waals surface area contributed by atoms with Crippen LogP contribution in [0.5, 0.6) is 0 Å². The van der Waals surface area contributed by atoms with Crippen molar-refractivity contribution in [2.24, 2.45) is 11.8 Å². The lowest BCUT2D eigenvalue weighted by Gasteiger charge is -2.16. The van der Waals surface area contributed by atoms with E-state index in [9.17, 15) is 4.79 Å². The van der Waals surface area contributed by atoms with Crippen LogP contribution in [0.1, 0.15) is 40.5 Å². The molecule has 0 saturated heterocycles. The molecule has 0 aromatic carbocycles. The number of ketones is 1. The van der Waals surface area contributed by atoms with E-state index >= 15 is 0 Å². The maximum Gasteiger partial charge on any atom is 0.131 e. The van der Waals surface area contributed by atoms with Gasteiger partial charge in [0.05, 0.1) is 0 Å². The lowest BCUT2D eigenvalue weighted by atomic mass is 10.1. The summed E-state index contributed by atoms with van der Waals surface area (Å²) in [4.78, 5) is 13.0. The summed E-state index contributed by atoms with van der Waals surface area (Å²) in [5.74, 6) is 7.62. The molecule has 0 saturated carbocycles. The quantitative estimate of drug-likeness (QED) is 0.645. The zero-order valence-electron chi connectivity index (χ0n) is 11.3. The normalized spacial score (nSPS) is 12.4. The fourth-order valence-electron chi connectivity index (χ4n) is 1.26. The summed E-state index contributed by atoms with van der Waals surface area (Å²) in [6.45, 7) is 9.90. The van der Waals surface area contributed by atoms with Crippen molar-refractivity contribution < 1.29 is 4.79 Å². The predicted molar refractivity (Wildman–Crippen MR) is 69.2 cm³/mol. The van der Waals surface area contributed by atoms with E-state index in [1.54, 1.807) is 6.92 Å². The topological polar surface area (TPSA) is 20.3 Å². The molecule has 2 nitrogen and oxygen atoms in total. The van der Waals surface area contributed by atoms with Crippen LogP contribution in [0, 0.1) is 23.7 Å². The maximum atomic E-state index is 10.8. The molecular formula is C14H25NO. The van der Waals surface area contributed by atoms with E-state index in [0.717, 1.165) is 19.5 Å². The number of carbonyl (C=O) groups is 1. The van der Waals surface area contributed by atoms with Crippen LogP contribution < -0.4 is 0 Å². The Kier molecular flexibility index (Phi) is 7.93. The fourth-order valence-corrected chi connectivity index (χ4v) is 1.26. The van der Waals surface area contributed by atoms with Crippen molar-refractivity contribution in [1.29, 1.82) is 0 Å². The van der Waals surface area contributed by atoms with Crippen LogP contribution in [0.25, 0.3) is 0 Å². The highest BCUT2D eigenvalue weighted by atomic mass is 16.1. The summed E-state index contributed by atoms with van der Waals surface area (Å²) in [6.07, 6.45) is 1.73. The second kappa shape index (κ2) is 8.35. The number of hydrogen-bond acceptors (Lipinski definition) is 2. The maximum absolute atomic E-state index is 10.8. The fraction of sp³-hybridized carbons (Fsp3) is 0.786. The molecule has 1 atom stereocenters. The van der Waals surface area contributed by atoms with Gasteiger partial charge in [-0.2, -0.15) is 0 Å². The van der Waals surface area contributed by atoms with Crippen molar-refractivity contribution in [3.63, 3.8) is 0 Å². The van der Waals surface area contributed by atoms with Gasteiger partial charge in [-0.25, -0.2) is 0 Å². The van der Waals surface area contributed by atoms with Crippen molar-refractivity contribution in [1.82, 2.24) is 4.90 Å². The molecule has 0 spiro atoms. The van der Waals surface area contributed by atoms with Crippen LogP contribution in [0.15, 0.2) is 0 Å².